The van der Waals surface area contributed by atoms with Gasteiger partial charge in [-0.25, -0.2) is 14.5 Å². The van der Waals surface area contributed by atoms with Crippen molar-refractivity contribution < 1.29 is 4.79 Å². The van der Waals surface area contributed by atoms with Gasteiger partial charge in [-0.2, -0.15) is 5.10 Å². The number of hydrogen-bond donors (Lipinski definition) is 0. The Hall–Kier alpha value is -3.75. The molecule has 4 aromatic rings. The minimum Gasteiger partial charge on any atom is -0.369 e. The van der Waals surface area contributed by atoms with E-state index < -0.39 is 0 Å². The largest absolute Gasteiger partial charge is 0.369 e. The molecular weight excluding hydrogens is 468 g/mol. The molecule has 2 aromatic carbocycles. The predicted octanol–water partition coefficient (Wildman–Crippen LogP) is 4.60. The highest BCUT2D eigenvalue weighted by Gasteiger charge is 2.23. The smallest absolute Gasteiger partial charge is 0.284 e. The second kappa shape index (κ2) is 9.72. The van der Waals surface area contributed by atoms with Crippen molar-refractivity contribution in [1.29, 1.82) is 0 Å². The first-order valence-corrected chi connectivity index (χ1v) is 13.0. The van der Waals surface area contributed by atoms with E-state index >= 15 is 0 Å². The van der Waals surface area contributed by atoms with E-state index in [0.29, 0.717) is 15.6 Å². The lowest BCUT2D eigenvalue weighted by atomic mass is 10.1. The van der Waals surface area contributed by atoms with E-state index in [4.69, 9.17) is 5.10 Å². The van der Waals surface area contributed by atoms with E-state index in [2.05, 4.69) is 51.0 Å². The van der Waals surface area contributed by atoms with Crippen molar-refractivity contribution in [3.8, 4) is 11.3 Å². The molecule has 1 saturated heterocycles. The number of thioether (sulfide) groups is 1. The van der Waals surface area contributed by atoms with Crippen LogP contribution in [0, 0.1) is 0 Å². The number of aromatic nitrogens is 3. The van der Waals surface area contributed by atoms with Crippen LogP contribution in [0.15, 0.2) is 82.8 Å². The van der Waals surface area contributed by atoms with Crippen molar-refractivity contribution >= 4 is 40.1 Å². The third-order valence-electron chi connectivity index (χ3n) is 6.65. The molecule has 0 aliphatic carbocycles. The standard InChI is InChI=1S/C28H26N6OS/c1-2-32-14-16-33(17-15-32)23-11-8-20(9-12-23)24-19-29-26-13-10-22(31-34(24)26)18-25-27(35)30-28(36-25)21-6-4-3-5-7-21/h3-13,18-19H,2,14-17H2,1H3. The molecule has 36 heavy (non-hydrogen) atoms. The van der Waals surface area contributed by atoms with Gasteiger partial charge in [0, 0.05) is 43.0 Å². The third-order valence-corrected chi connectivity index (χ3v) is 7.68. The van der Waals surface area contributed by atoms with Crippen molar-refractivity contribution in [2.24, 2.45) is 4.99 Å². The topological polar surface area (TPSA) is 66.1 Å². The molecule has 8 heteroatoms. The lowest BCUT2D eigenvalue weighted by Gasteiger charge is -2.35. The number of rotatable bonds is 5. The molecule has 0 unspecified atom stereocenters. The first-order chi connectivity index (χ1) is 17.7. The van der Waals surface area contributed by atoms with Crippen LogP contribution < -0.4 is 4.90 Å². The average Bonchev–Trinajstić information content (AvgIpc) is 3.52. The van der Waals surface area contributed by atoms with Crippen molar-refractivity contribution in [3.05, 3.63) is 89.1 Å². The Kier molecular flexibility index (Phi) is 6.13. The molecule has 2 aromatic heterocycles. The zero-order valence-electron chi connectivity index (χ0n) is 20.0. The number of carbonyl (C=O) groups excluding carboxylic acids is 1. The number of fused-ring (bicyclic) bond motifs is 1. The predicted molar refractivity (Wildman–Crippen MR) is 146 cm³/mol. The van der Waals surface area contributed by atoms with E-state index in [0.717, 1.165) is 55.2 Å². The Labute approximate surface area is 214 Å². The van der Waals surface area contributed by atoms with Crippen LogP contribution in [0.5, 0.6) is 0 Å². The highest BCUT2D eigenvalue weighted by atomic mass is 32.2. The normalized spacial score (nSPS) is 17.8. The van der Waals surface area contributed by atoms with Gasteiger partial charge in [-0.05, 0) is 36.9 Å². The van der Waals surface area contributed by atoms with Crippen LogP contribution in [-0.4, -0.2) is 63.2 Å². The van der Waals surface area contributed by atoms with Gasteiger partial charge in [-0.3, -0.25) is 4.79 Å². The summed E-state index contributed by atoms with van der Waals surface area (Å²) >= 11 is 1.38. The van der Waals surface area contributed by atoms with E-state index in [1.54, 1.807) is 6.08 Å². The molecule has 0 N–H and O–H groups in total. The Bertz CT molecular complexity index is 1470. The van der Waals surface area contributed by atoms with Gasteiger partial charge in [-0.1, -0.05) is 61.2 Å². The van der Waals surface area contributed by atoms with Gasteiger partial charge in [0.05, 0.1) is 22.5 Å². The van der Waals surface area contributed by atoms with Gasteiger partial charge in [-0.15, -0.1) is 0 Å². The van der Waals surface area contributed by atoms with E-state index in [-0.39, 0.29) is 5.91 Å². The lowest BCUT2D eigenvalue weighted by molar-refractivity contribution is -0.113. The highest BCUT2D eigenvalue weighted by Crippen LogP contribution is 2.32. The van der Waals surface area contributed by atoms with E-state index in [1.807, 2.05) is 53.2 Å². The van der Waals surface area contributed by atoms with Crippen LogP contribution in [0.1, 0.15) is 18.2 Å². The van der Waals surface area contributed by atoms with Crippen LogP contribution in [-0.2, 0) is 4.79 Å². The molecule has 0 bridgehead atoms. The summed E-state index contributed by atoms with van der Waals surface area (Å²) in [5, 5.41) is 5.50. The number of likely N-dealkylation sites (N-methyl/N-ethyl adjacent to an activating group) is 1. The molecule has 0 atom stereocenters. The second-order valence-electron chi connectivity index (χ2n) is 8.84. The first-order valence-electron chi connectivity index (χ1n) is 12.2. The molecule has 1 amide bonds. The molecule has 0 radical (unpaired) electrons. The van der Waals surface area contributed by atoms with Crippen molar-refractivity contribution in [2.75, 3.05) is 37.6 Å². The number of nitrogens with zero attached hydrogens (tertiary/aromatic N) is 6. The van der Waals surface area contributed by atoms with Crippen LogP contribution in [0.2, 0.25) is 0 Å². The quantitative estimate of drug-likeness (QED) is 0.378. The summed E-state index contributed by atoms with van der Waals surface area (Å²) in [6, 6.07) is 22.2. The summed E-state index contributed by atoms with van der Waals surface area (Å²) in [6.07, 6.45) is 3.65. The summed E-state index contributed by atoms with van der Waals surface area (Å²) in [5.74, 6) is -0.234. The third kappa shape index (κ3) is 4.45. The lowest BCUT2D eigenvalue weighted by Crippen LogP contribution is -2.46. The van der Waals surface area contributed by atoms with Crippen molar-refractivity contribution in [1.82, 2.24) is 19.5 Å². The summed E-state index contributed by atoms with van der Waals surface area (Å²) in [6.45, 7) is 7.64. The number of hydrogen-bond acceptors (Lipinski definition) is 6. The molecule has 6 rings (SSSR count). The molecule has 1 fully saturated rings. The Balaban J connectivity index is 1.23. The van der Waals surface area contributed by atoms with E-state index in [1.165, 1.54) is 17.4 Å². The fourth-order valence-corrected chi connectivity index (χ4v) is 5.48. The van der Waals surface area contributed by atoms with Crippen LogP contribution >= 0.6 is 11.8 Å². The summed E-state index contributed by atoms with van der Waals surface area (Å²) in [7, 11) is 0. The number of imidazole rings is 1. The van der Waals surface area contributed by atoms with Crippen molar-refractivity contribution in [2.45, 2.75) is 6.92 Å². The van der Waals surface area contributed by atoms with Gasteiger partial charge < -0.3 is 9.80 Å². The van der Waals surface area contributed by atoms with Crippen LogP contribution in [0.3, 0.4) is 0 Å². The molecule has 7 nitrogen and oxygen atoms in total. The second-order valence-corrected chi connectivity index (χ2v) is 9.87. The number of piperazine rings is 1. The minimum absolute atomic E-state index is 0.234. The average molecular weight is 495 g/mol. The maximum absolute atomic E-state index is 12.5. The Morgan fingerprint density at radius 2 is 1.69 bits per heavy atom. The molecular formula is C28H26N6OS. The Morgan fingerprint density at radius 1 is 0.917 bits per heavy atom. The number of aliphatic imine (C=N–C) groups is 1. The number of carbonyl (C=O) groups is 1. The zero-order chi connectivity index (χ0) is 24.5. The highest BCUT2D eigenvalue weighted by molar-refractivity contribution is 8.19. The van der Waals surface area contributed by atoms with Crippen LogP contribution in [0.25, 0.3) is 23.0 Å². The zero-order valence-corrected chi connectivity index (χ0v) is 20.9. The molecule has 2 aliphatic heterocycles. The van der Waals surface area contributed by atoms with E-state index in [9.17, 15) is 4.79 Å². The van der Waals surface area contributed by atoms with Gasteiger partial charge in [0.15, 0.2) is 5.65 Å². The van der Waals surface area contributed by atoms with Gasteiger partial charge in [0.1, 0.15) is 5.04 Å². The van der Waals surface area contributed by atoms with Gasteiger partial charge in [0.25, 0.3) is 5.91 Å². The summed E-state index contributed by atoms with van der Waals surface area (Å²) < 4.78 is 1.84. The monoisotopic (exact) mass is 494 g/mol. The van der Waals surface area contributed by atoms with Gasteiger partial charge in [0.2, 0.25) is 0 Å². The maximum Gasteiger partial charge on any atom is 0.284 e. The Morgan fingerprint density at radius 3 is 2.44 bits per heavy atom. The summed E-state index contributed by atoms with van der Waals surface area (Å²) in [4.78, 5) is 26.8. The van der Waals surface area contributed by atoms with Crippen molar-refractivity contribution in [3.63, 3.8) is 0 Å². The SMILES string of the molecule is CCN1CCN(c2ccc(-c3cnc4ccc(C=C5SC(c6ccccc6)=NC5=O)nn34)cc2)CC1. The molecule has 180 valence electrons. The molecule has 2 aliphatic rings. The summed E-state index contributed by atoms with van der Waals surface area (Å²) in [5.41, 5.74) is 5.60. The molecule has 4 heterocycles. The fraction of sp³-hybridized carbons (Fsp3) is 0.214. The minimum atomic E-state index is -0.234. The molecule has 0 saturated carbocycles. The fourth-order valence-electron chi connectivity index (χ4n) is 4.57. The number of amides is 1. The van der Waals surface area contributed by atoms with Gasteiger partial charge >= 0.3 is 0 Å². The number of benzene rings is 2. The van der Waals surface area contributed by atoms with Crippen LogP contribution in [0.4, 0.5) is 5.69 Å². The number of anilines is 1. The molecule has 0 spiro atoms. The maximum atomic E-state index is 12.5. The first kappa shape index (κ1) is 22.7.